The van der Waals surface area contributed by atoms with E-state index in [1.807, 2.05) is 13.8 Å². The van der Waals surface area contributed by atoms with Gasteiger partial charge in [0.1, 0.15) is 11.6 Å². The second-order valence-corrected chi connectivity index (χ2v) is 5.85. The Hall–Kier alpha value is -0.960. The zero-order chi connectivity index (χ0) is 15.6. The number of rotatable bonds is 4. The summed E-state index contributed by atoms with van der Waals surface area (Å²) in [5.41, 5.74) is 2.18. The molecular weight excluding hydrogens is 334 g/mol. The smallest absolute Gasteiger partial charge is 0.139 e. The van der Waals surface area contributed by atoms with Crippen molar-refractivity contribution in [3.8, 4) is 5.75 Å². The normalized spacial score (nSPS) is 12.3. The molecule has 1 atom stereocenters. The van der Waals surface area contributed by atoms with Crippen LogP contribution in [0.3, 0.4) is 0 Å². The molecule has 0 aromatic heterocycles. The lowest BCUT2D eigenvalue weighted by atomic mass is 9.99. The van der Waals surface area contributed by atoms with E-state index in [9.17, 15) is 4.39 Å². The van der Waals surface area contributed by atoms with Gasteiger partial charge < -0.3 is 4.74 Å². The van der Waals surface area contributed by atoms with E-state index in [1.54, 1.807) is 18.2 Å². The Labute approximate surface area is 138 Å². The molecule has 0 aliphatic heterocycles. The molecule has 5 heteroatoms. The van der Waals surface area contributed by atoms with Gasteiger partial charge in [-0.1, -0.05) is 29.3 Å². The standard InChI is InChI=1S/C16H14Cl3FO/c1-3-21-15-8-13(17)12(7-14(15)18)16(19)11-6-10(20)5-4-9(11)2/h4-8,16H,3H2,1-2H3. The second-order valence-electron chi connectivity index (χ2n) is 4.60. The van der Waals surface area contributed by atoms with Crippen LogP contribution in [0.15, 0.2) is 30.3 Å². The quantitative estimate of drug-likeness (QED) is 0.601. The van der Waals surface area contributed by atoms with Crippen LogP contribution in [-0.2, 0) is 0 Å². The number of benzene rings is 2. The van der Waals surface area contributed by atoms with Crippen molar-refractivity contribution in [2.75, 3.05) is 6.61 Å². The fourth-order valence-corrected chi connectivity index (χ4v) is 3.02. The molecule has 0 spiro atoms. The van der Waals surface area contributed by atoms with E-state index in [1.165, 1.54) is 12.1 Å². The van der Waals surface area contributed by atoms with E-state index in [4.69, 9.17) is 39.5 Å². The maximum atomic E-state index is 13.4. The Kier molecular flexibility index (Phi) is 5.37. The van der Waals surface area contributed by atoms with Gasteiger partial charge in [-0.3, -0.25) is 0 Å². The summed E-state index contributed by atoms with van der Waals surface area (Å²) < 4.78 is 18.8. The zero-order valence-electron chi connectivity index (χ0n) is 11.6. The molecule has 1 unspecified atom stereocenters. The number of ether oxygens (including phenoxy) is 1. The molecule has 0 fully saturated rings. The number of aryl methyl sites for hydroxylation is 1. The summed E-state index contributed by atoms with van der Waals surface area (Å²) >= 11 is 18.9. The Bertz CT molecular complexity index is 658. The van der Waals surface area contributed by atoms with Crippen LogP contribution in [0.2, 0.25) is 10.0 Å². The van der Waals surface area contributed by atoms with Gasteiger partial charge in [-0.25, -0.2) is 4.39 Å². The largest absolute Gasteiger partial charge is 0.492 e. The molecule has 0 radical (unpaired) electrons. The average Bonchev–Trinajstić information content (AvgIpc) is 2.44. The fraction of sp³-hybridized carbons (Fsp3) is 0.250. The van der Waals surface area contributed by atoms with Gasteiger partial charge in [0.05, 0.1) is 17.0 Å². The molecule has 2 rings (SSSR count). The molecule has 0 aliphatic carbocycles. The fourth-order valence-electron chi connectivity index (χ4n) is 2.06. The maximum Gasteiger partial charge on any atom is 0.139 e. The summed E-state index contributed by atoms with van der Waals surface area (Å²) in [6.07, 6.45) is 0. The van der Waals surface area contributed by atoms with Gasteiger partial charge in [0.25, 0.3) is 0 Å². The van der Waals surface area contributed by atoms with Crippen molar-refractivity contribution in [2.45, 2.75) is 19.2 Å². The Morgan fingerprint density at radius 3 is 2.48 bits per heavy atom. The van der Waals surface area contributed by atoms with Crippen LogP contribution in [0.1, 0.15) is 29.0 Å². The molecule has 0 bridgehead atoms. The first-order chi connectivity index (χ1) is 9.93. The summed E-state index contributed by atoms with van der Waals surface area (Å²) in [5, 5.41) is 0.281. The van der Waals surface area contributed by atoms with Gasteiger partial charge in [0.15, 0.2) is 0 Å². The summed E-state index contributed by atoms with van der Waals surface area (Å²) in [6, 6.07) is 7.79. The molecule has 2 aromatic carbocycles. The highest BCUT2D eigenvalue weighted by molar-refractivity contribution is 6.36. The van der Waals surface area contributed by atoms with Crippen molar-refractivity contribution in [3.05, 3.63) is 62.9 Å². The van der Waals surface area contributed by atoms with E-state index in [2.05, 4.69) is 0 Å². The topological polar surface area (TPSA) is 9.23 Å². The predicted octanol–water partition coefficient (Wildman–Crippen LogP) is 6.17. The number of hydrogen-bond acceptors (Lipinski definition) is 1. The highest BCUT2D eigenvalue weighted by Gasteiger charge is 2.19. The van der Waals surface area contributed by atoms with Crippen molar-refractivity contribution >= 4 is 34.8 Å². The molecule has 0 heterocycles. The van der Waals surface area contributed by atoms with E-state index < -0.39 is 5.38 Å². The monoisotopic (exact) mass is 346 g/mol. The van der Waals surface area contributed by atoms with E-state index in [-0.39, 0.29) is 5.82 Å². The van der Waals surface area contributed by atoms with Gasteiger partial charge in [0, 0.05) is 11.1 Å². The Morgan fingerprint density at radius 1 is 1.10 bits per heavy atom. The molecule has 0 N–H and O–H groups in total. The van der Waals surface area contributed by atoms with Gasteiger partial charge in [-0.15, -0.1) is 11.6 Å². The Balaban J connectivity index is 2.46. The average molecular weight is 348 g/mol. The van der Waals surface area contributed by atoms with Crippen LogP contribution in [0.25, 0.3) is 0 Å². The molecule has 21 heavy (non-hydrogen) atoms. The molecule has 112 valence electrons. The molecular formula is C16H14Cl3FO. The molecule has 1 nitrogen and oxygen atoms in total. The van der Waals surface area contributed by atoms with E-state index >= 15 is 0 Å². The lowest BCUT2D eigenvalue weighted by Gasteiger charge is -2.17. The van der Waals surface area contributed by atoms with Crippen LogP contribution >= 0.6 is 34.8 Å². The zero-order valence-corrected chi connectivity index (χ0v) is 13.9. The Morgan fingerprint density at radius 2 is 1.81 bits per heavy atom. The lowest BCUT2D eigenvalue weighted by Crippen LogP contribution is -2.00. The molecule has 0 aliphatic rings. The molecule has 2 aromatic rings. The first kappa shape index (κ1) is 16.4. The minimum Gasteiger partial charge on any atom is -0.492 e. The first-order valence-electron chi connectivity index (χ1n) is 6.46. The number of hydrogen-bond donors (Lipinski definition) is 0. The summed E-state index contributed by atoms with van der Waals surface area (Å²) in [6.45, 7) is 4.22. The van der Waals surface area contributed by atoms with Crippen LogP contribution < -0.4 is 4.74 Å². The lowest BCUT2D eigenvalue weighted by molar-refractivity contribution is 0.340. The van der Waals surface area contributed by atoms with Gasteiger partial charge >= 0.3 is 0 Å². The minimum absolute atomic E-state index is 0.339. The summed E-state index contributed by atoms with van der Waals surface area (Å²) in [5.74, 6) is 0.169. The molecule has 0 saturated heterocycles. The summed E-state index contributed by atoms with van der Waals surface area (Å²) in [7, 11) is 0. The molecule has 0 saturated carbocycles. The third kappa shape index (κ3) is 3.63. The van der Waals surface area contributed by atoms with E-state index in [0.717, 1.165) is 5.56 Å². The maximum absolute atomic E-state index is 13.4. The van der Waals surface area contributed by atoms with Gasteiger partial charge in [-0.2, -0.15) is 0 Å². The van der Waals surface area contributed by atoms with Crippen molar-refractivity contribution < 1.29 is 9.13 Å². The van der Waals surface area contributed by atoms with Crippen LogP contribution in [0, 0.1) is 12.7 Å². The third-order valence-corrected chi connectivity index (χ3v) is 4.23. The van der Waals surface area contributed by atoms with Crippen LogP contribution in [0.4, 0.5) is 4.39 Å². The third-order valence-electron chi connectivity index (χ3n) is 3.14. The second kappa shape index (κ2) is 6.87. The predicted molar refractivity (Wildman–Crippen MR) is 86.5 cm³/mol. The summed E-state index contributed by atoms with van der Waals surface area (Å²) in [4.78, 5) is 0. The SMILES string of the molecule is CCOc1cc(Cl)c(C(Cl)c2cc(F)ccc2C)cc1Cl. The van der Waals surface area contributed by atoms with Crippen molar-refractivity contribution in [2.24, 2.45) is 0 Å². The highest BCUT2D eigenvalue weighted by atomic mass is 35.5. The van der Waals surface area contributed by atoms with Crippen LogP contribution in [0.5, 0.6) is 5.75 Å². The van der Waals surface area contributed by atoms with Gasteiger partial charge in [-0.05, 0) is 48.7 Å². The number of alkyl halides is 1. The van der Waals surface area contributed by atoms with Crippen molar-refractivity contribution in [1.29, 1.82) is 0 Å². The highest BCUT2D eigenvalue weighted by Crippen LogP contribution is 2.40. The van der Waals surface area contributed by atoms with Gasteiger partial charge in [0.2, 0.25) is 0 Å². The number of halogens is 4. The van der Waals surface area contributed by atoms with E-state index in [0.29, 0.717) is 33.5 Å². The minimum atomic E-state index is -0.582. The first-order valence-corrected chi connectivity index (χ1v) is 7.65. The molecule has 0 amide bonds. The van der Waals surface area contributed by atoms with Crippen molar-refractivity contribution in [1.82, 2.24) is 0 Å². The van der Waals surface area contributed by atoms with Crippen LogP contribution in [-0.4, -0.2) is 6.61 Å². The van der Waals surface area contributed by atoms with Crippen molar-refractivity contribution in [3.63, 3.8) is 0 Å².